The fourth-order valence-electron chi connectivity index (χ4n) is 6.03. The van der Waals surface area contributed by atoms with Crippen molar-refractivity contribution in [2.24, 2.45) is 5.92 Å². The quantitative estimate of drug-likeness (QED) is 0.339. The average molecular weight is 560 g/mol. The monoisotopic (exact) mass is 559 g/mol. The molecule has 9 heteroatoms. The molecule has 0 radical (unpaired) electrons. The number of hydrogen-bond donors (Lipinski definition) is 1. The summed E-state index contributed by atoms with van der Waals surface area (Å²) in [6, 6.07) is 16.8. The average Bonchev–Trinajstić information content (AvgIpc) is 3.61. The van der Waals surface area contributed by atoms with E-state index < -0.39 is 11.9 Å². The SMILES string of the molecule is CCCCN(C(=O)CN1CC(c2ccc3c(c2)OCO3)C(C(=O)O)C1CCc1ccccc1OC)c1cccnc1. The molecule has 2 aliphatic rings. The number of likely N-dealkylation sites (tertiary alicyclic amines) is 1. The molecule has 2 aliphatic heterocycles. The summed E-state index contributed by atoms with van der Waals surface area (Å²) in [6.45, 7) is 3.37. The van der Waals surface area contributed by atoms with Gasteiger partial charge in [0, 0.05) is 31.2 Å². The smallest absolute Gasteiger partial charge is 0.308 e. The summed E-state index contributed by atoms with van der Waals surface area (Å²) in [4.78, 5) is 34.8. The van der Waals surface area contributed by atoms with Crippen LogP contribution in [-0.2, 0) is 16.0 Å². The highest BCUT2D eigenvalue weighted by Crippen LogP contribution is 2.43. The standard InChI is InChI=1S/C32H37N3O6/c1-3-4-16-35(24-9-7-15-33-18-24)30(36)20-34-19-25(23-12-14-28-29(17-23)41-21-40-28)31(32(37)38)26(34)13-11-22-8-5-6-10-27(22)39-2/h5-10,12,14-15,17-18,25-26,31H,3-4,11,13,16,19-21H2,1-2H3,(H,37,38). The highest BCUT2D eigenvalue weighted by Gasteiger charge is 2.47. The first-order chi connectivity index (χ1) is 20.0. The van der Waals surface area contributed by atoms with E-state index in [0.29, 0.717) is 37.4 Å². The van der Waals surface area contributed by atoms with Crippen LogP contribution in [0.5, 0.6) is 17.2 Å². The van der Waals surface area contributed by atoms with Gasteiger partial charge < -0.3 is 24.2 Å². The van der Waals surface area contributed by atoms with E-state index in [4.69, 9.17) is 14.2 Å². The van der Waals surface area contributed by atoms with Gasteiger partial charge in [0.05, 0.1) is 31.5 Å². The molecule has 1 N–H and O–H groups in total. The number of unbranched alkanes of at least 4 members (excludes halogenated alkanes) is 1. The first-order valence-corrected chi connectivity index (χ1v) is 14.2. The first-order valence-electron chi connectivity index (χ1n) is 14.2. The second kappa shape index (κ2) is 13.0. The van der Waals surface area contributed by atoms with E-state index in [2.05, 4.69) is 16.8 Å². The molecule has 0 saturated carbocycles. The van der Waals surface area contributed by atoms with Gasteiger partial charge in [-0.3, -0.25) is 19.5 Å². The largest absolute Gasteiger partial charge is 0.496 e. The van der Waals surface area contributed by atoms with Gasteiger partial charge >= 0.3 is 5.97 Å². The van der Waals surface area contributed by atoms with E-state index in [0.717, 1.165) is 35.4 Å². The maximum atomic E-state index is 13.9. The predicted octanol–water partition coefficient (Wildman–Crippen LogP) is 4.75. The minimum Gasteiger partial charge on any atom is -0.496 e. The van der Waals surface area contributed by atoms with Crippen molar-refractivity contribution in [2.45, 2.75) is 44.6 Å². The van der Waals surface area contributed by atoms with E-state index in [1.165, 1.54) is 0 Å². The van der Waals surface area contributed by atoms with Gasteiger partial charge in [-0.05, 0) is 60.7 Å². The third kappa shape index (κ3) is 6.30. The Morgan fingerprint density at radius 3 is 2.71 bits per heavy atom. The third-order valence-corrected chi connectivity index (χ3v) is 8.09. The van der Waals surface area contributed by atoms with Crippen LogP contribution in [0.3, 0.4) is 0 Å². The van der Waals surface area contributed by atoms with Crippen LogP contribution in [0.15, 0.2) is 67.0 Å². The van der Waals surface area contributed by atoms with Crippen molar-refractivity contribution in [3.63, 3.8) is 0 Å². The summed E-state index contributed by atoms with van der Waals surface area (Å²) in [5.41, 5.74) is 2.63. The number of rotatable bonds is 12. The number of aryl methyl sites for hydroxylation is 1. The second-order valence-electron chi connectivity index (χ2n) is 10.5. The lowest BCUT2D eigenvalue weighted by atomic mass is 9.83. The molecule has 1 saturated heterocycles. The molecule has 0 bridgehead atoms. The molecule has 3 atom stereocenters. The summed E-state index contributed by atoms with van der Waals surface area (Å²) < 4.78 is 16.6. The van der Waals surface area contributed by atoms with Crippen molar-refractivity contribution in [3.05, 3.63) is 78.1 Å². The zero-order valence-corrected chi connectivity index (χ0v) is 23.6. The summed E-state index contributed by atoms with van der Waals surface area (Å²) in [5.74, 6) is 0.0809. The van der Waals surface area contributed by atoms with Crippen molar-refractivity contribution in [2.75, 3.05) is 38.4 Å². The number of carbonyl (C=O) groups is 2. The maximum absolute atomic E-state index is 13.9. The number of ether oxygens (including phenoxy) is 3. The van der Waals surface area contributed by atoms with Crippen LogP contribution in [0.2, 0.25) is 0 Å². The lowest BCUT2D eigenvalue weighted by Gasteiger charge is -2.30. The van der Waals surface area contributed by atoms with E-state index in [1.54, 1.807) is 24.4 Å². The van der Waals surface area contributed by atoms with Crippen LogP contribution in [0.4, 0.5) is 5.69 Å². The number of nitrogens with zero attached hydrogens (tertiary/aromatic N) is 3. The number of amides is 1. The molecule has 216 valence electrons. The van der Waals surface area contributed by atoms with Gasteiger partial charge in [-0.25, -0.2) is 0 Å². The molecule has 3 heterocycles. The topological polar surface area (TPSA) is 101 Å². The minimum absolute atomic E-state index is 0.0655. The number of benzene rings is 2. The molecule has 5 rings (SSSR count). The van der Waals surface area contributed by atoms with Crippen LogP contribution in [-0.4, -0.2) is 66.4 Å². The Kier molecular flexibility index (Phi) is 9.04. The number of carboxylic acid groups (broad SMARTS) is 1. The molecule has 1 amide bonds. The Morgan fingerprint density at radius 2 is 1.95 bits per heavy atom. The number of para-hydroxylation sites is 1. The second-order valence-corrected chi connectivity index (χ2v) is 10.5. The number of hydrogen-bond acceptors (Lipinski definition) is 7. The molecule has 1 fully saturated rings. The number of aromatic nitrogens is 1. The normalized spacial score (nSPS) is 19.7. The van der Waals surface area contributed by atoms with E-state index >= 15 is 0 Å². The maximum Gasteiger partial charge on any atom is 0.308 e. The zero-order chi connectivity index (χ0) is 28.8. The molecule has 2 aromatic carbocycles. The van der Waals surface area contributed by atoms with Crippen molar-refractivity contribution in [3.8, 4) is 17.2 Å². The lowest BCUT2D eigenvalue weighted by molar-refractivity contribution is -0.143. The fraction of sp³-hybridized carbons (Fsp3) is 0.406. The number of methoxy groups -OCH3 is 1. The van der Waals surface area contributed by atoms with Crippen molar-refractivity contribution in [1.29, 1.82) is 0 Å². The summed E-state index contributed by atoms with van der Waals surface area (Å²) >= 11 is 0. The number of aliphatic carboxylic acids is 1. The Labute approximate surface area is 240 Å². The highest BCUT2D eigenvalue weighted by atomic mass is 16.7. The van der Waals surface area contributed by atoms with Gasteiger partial charge in [-0.1, -0.05) is 37.6 Å². The number of carboxylic acids is 1. The van der Waals surface area contributed by atoms with Crippen LogP contribution >= 0.6 is 0 Å². The fourth-order valence-corrected chi connectivity index (χ4v) is 6.03. The Hall–Kier alpha value is -4.11. The highest BCUT2D eigenvalue weighted by molar-refractivity contribution is 5.94. The molecule has 3 unspecified atom stereocenters. The van der Waals surface area contributed by atoms with Crippen molar-refractivity contribution >= 4 is 17.6 Å². The molecule has 9 nitrogen and oxygen atoms in total. The third-order valence-electron chi connectivity index (χ3n) is 8.09. The summed E-state index contributed by atoms with van der Waals surface area (Å²) in [6.07, 6.45) is 6.38. The van der Waals surface area contributed by atoms with Gasteiger partial charge in [0.15, 0.2) is 11.5 Å². The van der Waals surface area contributed by atoms with E-state index in [-0.39, 0.29) is 31.2 Å². The van der Waals surface area contributed by atoms with E-state index in [1.807, 2.05) is 54.6 Å². The van der Waals surface area contributed by atoms with Gasteiger partial charge in [-0.15, -0.1) is 0 Å². The van der Waals surface area contributed by atoms with Crippen LogP contribution in [0.1, 0.15) is 43.2 Å². The number of pyridine rings is 1. The van der Waals surface area contributed by atoms with E-state index in [9.17, 15) is 14.7 Å². The Balaban J connectivity index is 1.45. The van der Waals surface area contributed by atoms with Gasteiger partial charge in [0.2, 0.25) is 12.7 Å². The molecule has 0 aliphatic carbocycles. The van der Waals surface area contributed by atoms with Gasteiger partial charge in [-0.2, -0.15) is 0 Å². The number of fused-ring (bicyclic) bond motifs is 1. The van der Waals surface area contributed by atoms with Crippen molar-refractivity contribution in [1.82, 2.24) is 9.88 Å². The zero-order valence-electron chi connectivity index (χ0n) is 23.6. The minimum atomic E-state index is -0.872. The Morgan fingerprint density at radius 1 is 1.12 bits per heavy atom. The van der Waals surface area contributed by atoms with Crippen molar-refractivity contribution < 1.29 is 28.9 Å². The number of anilines is 1. The summed E-state index contributed by atoms with van der Waals surface area (Å²) in [7, 11) is 1.64. The van der Waals surface area contributed by atoms with Crippen LogP contribution < -0.4 is 19.1 Å². The first kappa shape index (κ1) is 28.4. The molecule has 1 aromatic heterocycles. The van der Waals surface area contributed by atoms with Gasteiger partial charge in [0.1, 0.15) is 5.75 Å². The Bertz CT molecular complexity index is 1350. The molecule has 0 spiro atoms. The number of carbonyl (C=O) groups excluding carboxylic acids is 1. The van der Waals surface area contributed by atoms with Gasteiger partial charge in [0.25, 0.3) is 0 Å². The van der Waals surface area contributed by atoms with Crippen LogP contribution in [0, 0.1) is 5.92 Å². The molecule has 41 heavy (non-hydrogen) atoms. The molecular weight excluding hydrogens is 522 g/mol. The molecule has 3 aromatic rings. The predicted molar refractivity (Wildman–Crippen MR) is 155 cm³/mol. The summed E-state index contributed by atoms with van der Waals surface area (Å²) in [5, 5.41) is 10.6. The molecular formula is C32H37N3O6. The van der Waals surface area contributed by atoms with Crippen LogP contribution in [0.25, 0.3) is 0 Å². The lowest BCUT2D eigenvalue weighted by Crippen LogP contribution is -2.44.